The second-order valence-electron chi connectivity index (χ2n) is 3.26. The van der Waals surface area contributed by atoms with Crippen LogP contribution in [0.1, 0.15) is 5.56 Å². The van der Waals surface area contributed by atoms with Crippen LogP contribution in [0.25, 0.3) is 0 Å². The Kier molecular flexibility index (Phi) is 7.46. The number of hydrogen-bond acceptors (Lipinski definition) is 3. The zero-order valence-electron chi connectivity index (χ0n) is 9.18. The van der Waals surface area contributed by atoms with Crippen LogP contribution < -0.4 is 0 Å². The molecule has 4 nitrogen and oxygen atoms in total. The molecule has 0 fully saturated rings. The van der Waals surface area contributed by atoms with Gasteiger partial charge < -0.3 is 4.55 Å². The molecule has 0 radical (unpaired) electrons. The van der Waals surface area contributed by atoms with E-state index in [0.29, 0.717) is 10.9 Å². The van der Waals surface area contributed by atoms with Crippen molar-refractivity contribution in [2.45, 2.75) is 5.75 Å². The van der Waals surface area contributed by atoms with E-state index in [2.05, 4.69) is 12.5 Å². The average Bonchev–Trinajstić information content (AvgIpc) is 2.08. The van der Waals surface area contributed by atoms with Gasteiger partial charge in [0.15, 0.2) is 0 Å². The fourth-order valence-corrected chi connectivity index (χ4v) is 2.54. The first-order valence-electron chi connectivity index (χ1n) is 4.26. The average molecular weight is 319 g/mol. The molecule has 0 saturated carbocycles. The first-order valence-corrected chi connectivity index (χ1v) is 8.59. The third-order valence-corrected chi connectivity index (χ3v) is 3.07. The van der Waals surface area contributed by atoms with Gasteiger partial charge >= 0.3 is 0 Å². The molecular weight excluding hydrogens is 307 g/mol. The summed E-state index contributed by atoms with van der Waals surface area (Å²) in [6.07, 6.45) is 4.36. The SMILES string of the molecule is C[S+](C)Cc1c(Cl)cccc1Cl.O=S(=O)([O-])O. The van der Waals surface area contributed by atoms with Gasteiger partial charge in [0.05, 0.1) is 12.5 Å². The van der Waals surface area contributed by atoms with Gasteiger partial charge in [0, 0.05) is 15.6 Å². The van der Waals surface area contributed by atoms with E-state index >= 15 is 0 Å². The van der Waals surface area contributed by atoms with E-state index in [1.54, 1.807) is 0 Å². The molecule has 0 aromatic heterocycles. The summed E-state index contributed by atoms with van der Waals surface area (Å²) in [5, 5.41) is 1.56. The van der Waals surface area contributed by atoms with Crippen molar-refractivity contribution >= 4 is 44.5 Å². The molecule has 1 N–H and O–H groups in total. The number of halogens is 2. The Balaban J connectivity index is 0.000000437. The quantitative estimate of drug-likeness (QED) is 0.516. The van der Waals surface area contributed by atoms with Crippen LogP contribution in [-0.4, -0.2) is 30.0 Å². The molecule has 0 aliphatic heterocycles. The Morgan fingerprint density at radius 3 is 1.94 bits per heavy atom. The van der Waals surface area contributed by atoms with Crippen LogP contribution in [0.15, 0.2) is 18.2 Å². The van der Waals surface area contributed by atoms with Crippen LogP contribution >= 0.6 is 23.2 Å². The smallest absolute Gasteiger partial charge is 0.215 e. The lowest BCUT2D eigenvalue weighted by Crippen LogP contribution is -2.00. The highest BCUT2D eigenvalue weighted by Gasteiger charge is 2.11. The lowest BCUT2D eigenvalue weighted by molar-refractivity contribution is 0.366. The van der Waals surface area contributed by atoms with Gasteiger partial charge in [0.25, 0.3) is 0 Å². The first-order chi connectivity index (χ1) is 7.61. The molecule has 8 heteroatoms. The van der Waals surface area contributed by atoms with Crippen LogP contribution in [0.3, 0.4) is 0 Å². The van der Waals surface area contributed by atoms with Gasteiger partial charge in [-0.1, -0.05) is 29.3 Å². The molecule has 1 rings (SSSR count). The van der Waals surface area contributed by atoms with Crippen molar-refractivity contribution in [1.29, 1.82) is 0 Å². The Bertz CT molecular complexity index is 432. The van der Waals surface area contributed by atoms with Gasteiger partial charge in [0.2, 0.25) is 10.4 Å². The van der Waals surface area contributed by atoms with E-state index in [-0.39, 0.29) is 0 Å². The molecule has 0 aliphatic carbocycles. The largest absolute Gasteiger partial charge is 0.726 e. The first kappa shape index (κ1) is 17.0. The molecule has 0 atom stereocenters. The number of benzene rings is 1. The predicted molar refractivity (Wildman–Crippen MR) is 71.7 cm³/mol. The van der Waals surface area contributed by atoms with E-state index < -0.39 is 10.4 Å². The van der Waals surface area contributed by atoms with Crippen molar-refractivity contribution in [3.05, 3.63) is 33.8 Å². The zero-order valence-corrected chi connectivity index (χ0v) is 12.3. The summed E-state index contributed by atoms with van der Waals surface area (Å²) in [6.45, 7) is 0. The molecular formula is C9H12Cl2O4S2. The predicted octanol–water partition coefficient (Wildman–Crippen LogP) is 2.38. The van der Waals surface area contributed by atoms with E-state index in [1.165, 1.54) is 0 Å². The number of hydrogen-bond donors (Lipinski definition) is 1. The Morgan fingerprint density at radius 1 is 1.29 bits per heavy atom. The summed E-state index contributed by atoms with van der Waals surface area (Å²) in [6, 6.07) is 5.64. The molecule has 0 aliphatic rings. The molecule has 0 bridgehead atoms. The molecule has 98 valence electrons. The lowest BCUT2D eigenvalue weighted by Gasteiger charge is -2.03. The highest BCUT2D eigenvalue weighted by Crippen LogP contribution is 2.25. The van der Waals surface area contributed by atoms with Crippen LogP contribution in [0, 0.1) is 0 Å². The Labute approximate surface area is 114 Å². The molecule has 17 heavy (non-hydrogen) atoms. The maximum absolute atomic E-state index is 8.63. The van der Waals surface area contributed by atoms with Crippen molar-refractivity contribution in [3.63, 3.8) is 0 Å². The zero-order chi connectivity index (χ0) is 13.6. The van der Waals surface area contributed by atoms with Gasteiger partial charge in [-0.3, -0.25) is 4.55 Å². The fraction of sp³-hybridized carbons (Fsp3) is 0.333. The van der Waals surface area contributed by atoms with Gasteiger partial charge in [-0.2, -0.15) is 0 Å². The van der Waals surface area contributed by atoms with Crippen molar-refractivity contribution in [1.82, 2.24) is 0 Å². The maximum Gasteiger partial charge on any atom is 0.215 e. The van der Waals surface area contributed by atoms with Crippen molar-refractivity contribution in [2.75, 3.05) is 12.5 Å². The molecule has 0 spiro atoms. The Hall–Kier alpha value is 0.0200. The second-order valence-corrected chi connectivity index (χ2v) is 7.19. The summed E-state index contributed by atoms with van der Waals surface area (Å²) in [7, 11) is -4.57. The molecule has 0 heterocycles. The number of rotatable bonds is 2. The summed E-state index contributed by atoms with van der Waals surface area (Å²) in [5.74, 6) is 0.971. The van der Waals surface area contributed by atoms with Crippen LogP contribution in [0.5, 0.6) is 0 Å². The van der Waals surface area contributed by atoms with Crippen molar-refractivity contribution < 1.29 is 17.5 Å². The van der Waals surface area contributed by atoms with Crippen molar-refractivity contribution in [2.24, 2.45) is 0 Å². The monoisotopic (exact) mass is 318 g/mol. The third-order valence-electron chi connectivity index (χ3n) is 1.49. The summed E-state index contributed by atoms with van der Waals surface area (Å²) >= 11 is 12.0. The Morgan fingerprint density at radius 2 is 1.65 bits per heavy atom. The van der Waals surface area contributed by atoms with Gasteiger partial charge in [-0.25, -0.2) is 8.42 Å². The van der Waals surface area contributed by atoms with Crippen LogP contribution in [0.2, 0.25) is 10.0 Å². The van der Waals surface area contributed by atoms with E-state index in [9.17, 15) is 0 Å². The fourth-order valence-electron chi connectivity index (χ4n) is 0.959. The summed E-state index contributed by atoms with van der Waals surface area (Å²) in [5.41, 5.74) is 1.08. The normalized spacial score (nSPS) is 11.0. The molecule has 1 aromatic rings. The minimum Gasteiger partial charge on any atom is -0.726 e. The van der Waals surface area contributed by atoms with Gasteiger partial charge in [0.1, 0.15) is 5.75 Å². The van der Waals surface area contributed by atoms with E-state index in [4.69, 9.17) is 40.7 Å². The summed E-state index contributed by atoms with van der Waals surface area (Å²) < 4.78 is 32.8. The minimum atomic E-state index is -4.92. The molecule has 0 saturated heterocycles. The van der Waals surface area contributed by atoms with E-state index in [1.807, 2.05) is 18.2 Å². The molecule has 1 aromatic carbocycles. The minimum absolute atomic E-state index is 0.344. The van der Waals surface area contributed by atoms with E-state index in [0.717, 1.165) is 21.4 Å². The lowest BCUT2D eigenvalue weighted by atomic mass is 10.2. The van der Waals surface area contributed by atoms with Crippen molar-refractivity contribution in [3.8, 4) is 0 Å². The summed E-state index contributed by atoms with van der Waals surface area (Å²) in [4.78, 5) is 0. The van der Waals surface area contributed by atoms with Crippen LogP contribution in [0.4, 0.5) is 0 Å². The van der Waals surface area contributed by atoms with Gasteiger partial charge in [-0.15, -0.1) is 0 Å². The molecule has 0 amide bonds. The topological polar surface area (TPSA) is 77.4 Å². The van der Waals surface area contributed by atoms with Gasteiger partial charge in [-0.05, 0) is 23.0 Å². The maximum atomic E-state index is 8.63. The molecule has 0 unspecified atom stereocenters. The third kappa shape index (κ3) is 9.70. The second kappa shape index (κ2) is 7.45. The highest BCUT2D eigenvalue weighted by atomic mass is 35.5. The standard InChI is InChI=1S/C9H11Cl2S.H2O4S/c1-12(2)6-7-8(10)4-3-5-9(7)11;1-5(2,3)4/h3-5H,6H2,1-2H3;(H2,1,2,3,4)/q+1;/p-1. The highest BCUT2D eigenvalue weighted by molar-refractivity contribution is 7.94. The van der Waals surface area contributed by atoms with Crippen LogP contribution in [-0.2, 0) is 27.0 Å².